The molecule has 2 N–H and O–H groups in total. The van der Waals surface area contributed by atoms with Crippen molar-refractivity contribution >= 4 is 28.9 Å². The van der Waals surface area contributed by atoms with Gasteiger partial charge in [-0.05, 0) is 55.7 Å². The fourth-order valence-corrected chi connectivity index (χ4v) is 3.43. The number of Topliss-reactive ketones (excluding diaryl/α,β-unsaturated/α-hetero) is 1. The Morgan fingerprint density at radius 2 is 1.67 bits per heavy atom. The fraction of sp³-hybridized carbons (Fsp3) is 0.227. The van der Waals surface area contributed by atoms with Crippen LogP contribution in [-0.4, -0.2) is 15.8 Å². The summed E-state index contributed by atoms with van der Waals surface area (Å²) in [7, 11) is 0. The average molecular weight is 412 g/mol. The SMILES string of the molecule is Cc1cccc(Nc2nc(Nc3cccc(C(F)(F)F)c3)nc3c2C(=O)CCC3)c1. The van der Waals surface area contributed by atoms with Crippen LogP contribution in [0.3, 0.4) is 0 Å². The maximum absolute atomic E-state index is 13.0. The third-order valence-electron chi connectivity index (χ3n) is 4.81. The Kier molecular flexibility index (Phi) is 5.15. The molecule has 0 spiro atoms. The standard InChI is InChI=1S/C22H19F3N4O/c1-13-5-2-7-15(11-13)26-20-19-17(9-4-10-18(19)30)28-21(29-20)27-16-8-3-6-14(12-16)22(23,24)25/h2-3,5-8,11-12H,4,9-10H2,1H3,(H2,26,27,28,29). The highest BCUT2D eigenvalue weighted by atomic mass is 19.4. The highest BCUT2D eigenvalue weighted by molar-refractivity contribution is 6.03. The van der Waals surface area contributed by atoms with E-state index in [4.69, 9.17) is 0 Å². The number of nitrogens with zero attached hydrogens (tertiary/aromatic N) is 2. The van der Waals surface area contributed by atoms with E-state index in [1.54, 1.807) is 0 Å². The quantitative estimate of drug-likeness (QED) is 0.566. The Balaban J connectivity index is 1.72. The monoisotopic (exact) mass is 412 g/mol. The third-order valence-corrected chi connectivity index (χ3v) is 4.81. The van der Waals surface area contributed by atoms with Crippen LogP contribution < -0.4 is 10.6 Å². The summed E-state index contributed by atoms with van der Waals surface area (Å²) in [4.78, 5) is 21.3. The van der Waals surface area contributed by atoms with Gasteiger partial charge in [-0.3, -0.25) is 4.79 Å². The summed E-state index contributed by atoms with van der Waals surface area (Å²) in [5, 5.41) is 6.02. The van der Waals surface area contributed by atoms with E-state index in [0.717, 1.165) is 23.4 Å². The number of halogens is 3. The topological polar surface area (TPSA) is 66.9 Å². The van der Waals surface area contributed by atoms with Gasteiger partial charge in [0.05, 0.1) is 16.8 Å². The van der Waals surface area contributed by atoms with Crippen molar-refractivity contribution in [3.8, 4) is 0 Å². The van der Waals surface area contributed by atoms with Gasteiger partial charge in [0.25, 0.3) is 0 Å². The van der Waals surface area contributed by atoms with Crippen molar-refractivity contribution in [2.45, 2.75) is 32.4 Å². The Morgan fingerprint density at radius 1 is 0.933 bits per heavy atom. The van der Waals surface area contributed by atoms with Crippen LogP contribution in [0.2, 0.25) is 0 Å². The van der Waals surface area contributed by atoms with E-state index in [1.165, 1.54) is 12.1 Å². The zero-order chi connectivity index (χ0) is 21.3. The second-order valence-corrected chi connectivity index (χ2v) is 7.19. The summed E-state index contributed by atoms with van der Waals surface area (Å²) in [5.41, 5.74) is 2.28. The molecule has 0 atom stereocenters. The molecule has 2 aromatic carbocycles. The minimum atomic E-state index is -4.45. The maximum atomic E-state index is 13.0. The van der Waals surface area contributed by atoms with E-state index in [0.29, 0.717) is 36.3 Å². The van der Waals surface area contributed by atoms with Gasteiger partial charge in [-0.15, -0.1) is 0 Å². The van der Waals surface area contributed by atoms with Gasteiger partial charge in [-0.25, -0.2) is 4.98 Å². The molecule has 1 aromatic heterocycles. The molecular formula is C22H19F3N4O. The summed E-state index contributed by atoms with van der Waals surface area (Å²) in [6, 6.07) is 12.4. The molecule has 0 radical (unpaired) electrons. The number of hydrogen-bond donors (Lipinski definition) is 2. The van der Waals surface area contributed by atoms with Crippen molar-refractivity contribution in [2.75, 3.05) is 10.6 Å². The number of aromatic nitrogens is 2. The van der Waals surface area contributed by atoms with Gasteiger partial charge < -0.3 is 10.6 Å². The van der Waals surface area contributed by atoms with Crippen LogP contribution in [0.4, 0.5) is 36.3 Å². The van der Waals surface area contributed by atoms with Crippen LogP contribution >= 0.6 is 0 Å². The zero-order valence-corrected chi connectivity index (χ0v) is 16.2. The summed E-state index contributed by atoms with van der Waals surface area (Å²) in [6.07, 6.45) is -2.75. The second kappa shape index (κ2) is 7.78. The van der Waals surface area contributed by atoms with Gasteiger partial charge >= 0.3 is 6.18 Å². The molecule has 4 rings (SSSR count). The van der Waals surface area contributed by atoms with Crippen molar-refractivity contribution in [3.05, 3.63) is 70.9 Å². The molecule has 0 unspecified atom stereocenters. The molecule has 8 heteroatoms. The van der Waals surface area contributed by atoms with E-state index in [-0.39, 0.29) is 17.4 Å². The van der Waals surface area contributed by atoms with Crippen molar-refractivity contribution in [2.24, 2.45) is 0 Å². The molecule has 0 amide bonds. The number of rotatable bonds is 4. The van der Waals surface area contributed by atoms with Gasteiger partial charge in [0.1, 0.15) is 5.82 Å². The first-order valence-corrected chi connectivity index (χ1v) is 9.52. The molecule has 0 fully saturated rings. The minimum Gasteiger partial charge on any atom is -0.339 e. The predicted molar refractivity (Wildman–Crippen MR) is 108 cm³/mol. The highest BCUT2D eigenvalue weighted by Gasteiger charge is 2.30. The molecule has 0 saturated carbocycles. The van der Waals surface area contributed by atoms with Crippen LogP contribution in [0.15, 0.2) is 48.5 Å². The van der Waals surface area contributed by atoms with E-state index < -0.39 is 11.7 Å². The molecule has 3 aromatic rings. The van der Waals surface area contributed by atoms with E-state index >= 15 is 0 Å². The minimum absolute atomic E-state index is 0.0444. The molecule has 5 nitrogen and oxygen atoms in total. The van der Waals surface area contributed by atoms with Crippen molar-refractivity contribution in [3.63, 3.8) is 0 Å². The molecule has 154 valence electrons. The van der Waals surface area contributed by atoms with Gasteiger partial charge in [-0.2, -0.15) is 18.2 Å². The first-order chi connectivity index (χ1) is 14.3. The number of ketones is 1. The summed E-state index contributed by atoms with van der Waals surface area (Å²) in [6.45, 7) is 1.95. The maximum Gasteiger partial charge on any atom is 0.416 e. The van der Waals surface area contributed by atoms with Gasteiger partial charge in [-0.1, -0.05) is 18.2 Å². The number of carbonyl (C=O) groups excluding carboxylic acids is 1. The van der Waals surface area contributed by atoms with Crippen LogP contribution in [-0.2, 0) is 12.6 Å². The second-order valence-electron chi connectivity index (χ2n) is 7.19. The first kappa shape index (κ1) is 19.9. The molecule has 1 aliphatic rings. The van der Waals surface area contributed by atoms with Crippen molar-refractivity contribution in [1.82, 2.24) is 9.97 Å². The number of alkyl halides is 3. The number of benzene rings is 2. The highest BCUT2D eigenvalue weighted by Crippen LogP contribution is 2.33. The normalized spacial score (nSPS) is 13.7. The molecule has 0 bridgehead atoms. The molecule has 30 heavy (non-hydrogen) atoms. The van der Waals surface area contributed by atoms with E-state index in [2.05, 4.69) is 20.6 Å². The third kappa shape index (κ3) is 4.27. The summed E-state index contributed by atoms with van der Waals surface area (Å²) < 4.78 is 39.0. The lowest BCUT2D eigenvalue weighted by Crippen LogP contribution is -2.18. The molecule has 0 aliphatic heterocycles. The molecule has 1 heterocycles. The Labute approximate surface area is 171 Å². The zero-order valence-electron chi connectivity index (χ0n) is 16.2. The lowest BCUT2D eigenvalue weighted by molar-refractivity contribution is -0.137. The number of hydrogen-bond acceptors (Lipinski definition) is 5. The average Bonchev–Trinajstić information content (AvgIpc) is 2.67. The van der Waals surface area contributed by atoms with Gasteiger partial charge in [0, 0.05) is 17.8 Å². The lowest BCUT2D eigenvalue weighted by atomic mass is 9.95. The molecule has 1 aliphatic carbocycles. The Hall–Kier alpha value is -3.42. The Bertz CT molecular complexity index is 1110. The number of carbonyl (C=O) groups is 1. The molecular weight excluding hydrogens is 393 g/mol. The summed E-state index contributed by atoms with van der Waals surface area (Å²) >= 11 is 0. The van der Waals surface area contributed by atoms with Gasteiger partial charge in [0.15, 0.2) is 5.78 Å². The Morgan fingerprint density at radius 3 is 2.40 bits per heavy atom. The van der Waals surface area contributed by atoms with Crippen molar-refractivity contribution < 1.29 is 18.0 Å². The van der Waals surface area contributed by atoms with Crippen LogP contribution in [0.1, 0.15) is 40.0 Å². The number of fused-ring (bicyclic) bond motifs is 1. The fourth-order valence-electron chi connectivity index (χ4n) is 3.43. The van der Waals surface area contributed by atoms with Gasteiger partial charge in [0.2, 0.25) is 5.95 Å². The first-order valence-electron chi connectivity index (χ1n) is 9.52. The van der Waals surface area contributed by atoms with Crippen LogP contribution in [0.5, 0.6) is 0 Å². The van der Waals surface area contributed by atoms with Crippen molar-refractivity contribution in [1.29, 1.82) is 0 Å². The lowest BCUT2D eigenvalue weighted by Gasteiger charge is -2.19. The summed E-state index contributed by atoms with van der Waals surface area (Å²) in [5.74, 6) is 0.444. The number of aryl methyl sites for hydroxylation is 2. The van der Waals surface area contributed by atoms with Crippen LogP contribution in [0.25, 0.3) is 0 Å². The van der Waals surface area contributed by atoms with E-state index in [1.807, 2.05) is 31.2 Å². The smallest absolute Gasteiger partial charge is 0.339 e. The van der Waals surface area contributed by atoms with Crippen LogP contribution in [0, 0.1) is 6.92 Å². The predicted octanol–water partition coefficient (Wildman–Crippen LogP) is 5.81. The molecule has 0 saturated heterocycles. The number of nitrogens with one attached hydrogen (secondary N) is 2. The van der Waals surface area contributed by atoms with E-state index in [9.17, 15) is 18.0 Å². The number of anilines is 4. The largest absolute Gasteiger partial charge is 0.416 e.